The van der Waals surface area contributed by atoms with Crippen LogP contribution in [-0.4, -0.2) is 10.1 Å². The number of rotatable bonds is 1. The van der Waals surface area contributed by atoms with Crippen molar-refractivity contribution in [3.63, 3.8) is 0 Å². The lowest BCUT2D eigenvalue weighted by Crippen LogP contribution is -2.20. The van der Waals surface area contributed by atoms with E-state index in [1.54, 1.807) is 18.3 Å². The molecule has 0 saturated heterocycles. The largest absolute Gasteiger partial charge is 0.506 e. The average molecular weight is 150 g/mol. The molecule has 0 radical (unpaired) electrons. The molecule has 58 valence electrons. The van der Waals surface area contributed by atoms with Gasteiger partial charge >= 0.3 is 0 Å². The fourth-order valence-electron chi connectivity index (χ4n) is 1.15. The van der Waals surface area contributed by atoms with Crippen LogP contribution in [0.5, 0.6) is 5.75 Å². The minimum atomic E-state index is -0.328. The van der Waals surface area contributed by atoms with E-state index in [0.717, 1.165) is 12.8 Å². The van der Waals surface area contributed by atoms with Crippen LogP contribution in [0.4, 0.5) is 0 Å². The molecule has 11 heavy (non-hydrogen) atoms. The van der Waals surface area contributed by atoms with E-state index in [-0.39, 0.29) is 11.3 Å². The summed E-state index contributed by atoms with van der Waals surface area (Å²) >= 11 is 0. The molecular weight excluding hydrogens is 140 g/mol. The molecule has 1 aliphatic rings. The van der Waals surface area contributed by atoms with Gasteiger partial charge in [-0.3, -0.25) is 4.98 Å². The SMILES string of the molecule is NC1(c2ncccc2O)CC1. The van der Waals surface area contributed by atoms with E-state index < -0.39 is 0 Å². The van der Waals surface area contributed by atoms with Crippen LogP contribution in [0, 0.1) is 0 Å². The van der Waals surface area contributed by atoms with Gasteiger partial charge in [-0.15, -0.1) is 0 Å². The van der Waals surface area contributed by atoms with Crippen LogP contribution in [0.1, 0.15) is 18.5 Å². The monoisotopic (exact) mass is 150 g/mol. The van der Waals surface area contributed by atoms with Crippen molar-refractivity contribution in [2.75, 3.05) is 0 Å². The predicted molar refractivity (Wildman–Crippen MR) is 41.0 cm³/mol. The van der Waals surface area contributed by atoms with Crippen LogP contribution in [0.15, 0.2) is 18.3 Å². The first kappa shape index (κ1) is 6.61. The van der Waals surface area contributed by atoms with E-state index in [9.17, 15) is 5.11 Å². The molecule has 3 heteroatoms. The number of hydrogen-bond acceptors (Lipinski definition) is 3. The maximum atomic E-state index is 9.34. The highest BCUT2D eigenvalue weighted by atomic mass is 16.3. The quantitative estimate of drug-likeness (QED) is 0.620. The van der Waals surface area contributed by atoms with Crippen molar-refractivity contribution >= 4 is 0 Å². The molecule has 2 rings (SSSR count). The molecule has 3 N–H and O–H groups in total. The normalized spacial score (nSPS) is 19.7. The molecule has 0 bridgehead atoms. The van der Waals surface area contributed by atoms with Gasteiger partial charge in [0.25, 0.3) is 0 Å². The van der Waals surface area contributed by atoms with Gasteiger partial charge in [-0.2, -0.15) is 0 Å². The third-order valence-electron chi connectivity index (χ3n) is 2.05. The second kappa shape index (κ2) is 1.95. The highest BCUT2D eigenvalue weighted by Gasteiger charge is 2.43. The van der Waals surface area contributed by atoms with Gasteiger partial charge in [0.2, 0.25) is 0 Å². The van der Waals surface area contributed by atoms with Crippen LogP contribution >= 0.6 is 0 Å². The zero-order valence-electron chi connectivity index (χ0n) is 6.12. The van der Waals surface area contributed by atoms with Crippen LogP contribution in [-0.2, 0) is 5.54 Å². The minimum absolute atomic E-state index is 0.215. The summed E-state index contributed by atoms with van der Waals surface area (Å²) in [7, 11) is 0. The van der Waals surface area contributed by atoms with E-state index in [4.69, 9.17) is 5.73 Å². The standard InChI is InChI=1S/C8H10N2O/c9-8(3-4-8)7-6(11)2-1-5-10-7/h1-2,5,11H,3-4,9H2. The summed E-state index contributed by atoms with van der Waals surface area (Å²) in [6.45, 7) is 0. The van der Waals surface area contributed by atoms with Gasteiger partial charge in [-0.05, 0) is 25.0 Å². The van der Waals surface area contributed by atoms with Gasteiger partial charge in [0.15, 0.2) is 0 Å². The molecule has 1 fully saturated rings. The lowest BCUT2D eigenvalue weighted by molar-refractivity contribution is 0.453. The lowest BCUT2D eigenvalue weighted by atomic mass is 10.1. The van der Waals surface area contributed by atoms with Crippen molar-refractivity contribution in [2.24, 2.45) is 5.73 Å². The number of aromatic hydroxyl groups is 1. The third kappa shape index (κ3) is 0.973. The summed E-state index contributed by atoms with van der Waals surface area (Å²) < 4.78 is 0. The zero-order chi connectivity index (χ0) is 7.90. The van der Waals surface area contributed by atoms with Crippen LogP contribution in [0.2, 0.25) is 0 Å². The molecule has 1 aromatic rings. The molecular formula is C8H10N2O. The van der Waals surface area contributed by atoms with Gasteiger partial charge < -0.3 is 10.8 Å². The molecule has 0 aliphatic heterocycles. The molecule has 3 nitrogen and oxygen atoms in total. The van der Waals surface area contributed by atoms with E-state index in [2.05, 4.69) is 4.98 Å². The van der Waals surface area contributed by atoms with Crippen molar-refractivity contribution in [2.45, 2.75) is 18.4 Å². The first-order valence-electron chi connectivity index (χ1n) is 3.66. The highest BCUT2D eigenvalue weighted by molar-refractivity contribution is 5.34. The Labute approximate surface area is 64.9 Å². The molecule has 0 spiro atoms. The smallest absolute Gasteiger partial charge is 0.138 e. The summed E-state index contributed by atoms with van der Waals surface area (Å²) in [6, 6.07) is 3.32. The Morgan fingerprint density at radius 3 is 2.82 bits per heavy atom. The topological polar surface area (TPSA) is 59.1 Å². The molecule has 0 aromatic carbocycles. The number of aromatic nitrogens is 1. The molecule has 1 saturated carbocycles. The third-order valence-corrected chi connectivity index (χ3v) is 2.05. The van der Waals surface area contributed by atoms with Crippen LogP contribution in [0.25, 0.3) is 0 Å². The van der Waals surface area contributed by atoms with Gasteiger partial charge in [0, 0.05) is 6.20 Å². The van der Waals surface area contributed by atoms with Crippen molar-refractivity contribution in [3.05, 3.63) is 24.0 Å². The van der Waals surface area contributed by atoms with Crippen LogP contribution in [0.3, 0.4) is 0 Å². The Kier molecular flexibility index (Phi) is 1.17. The molecule has 1 aromatic heterocycles. The Bertz CT molecular complexity index is 281. The molecule has 0 atom stereocenters. The second-order valence-electron chi connectivity index (χ2n) is 3.03. The van der Waals surface area contributed by atoms with Gasteiger partial charge in [-0.25, -0.2) is 0 Å². The Morgan fingerprint density at radius 1 is 1.55 bits per heavy atom. The fourth-order valence-corrected chi connectivity index (χ4v) is 1.15. The Balaban J connectivity index is 2.45. The maximum absolute atomic E-state index is 9.34. The Hall–Kier alpha value is -1.09. The van der Waals surface area contributed by atoms with Crippen molar-refractivity contribution < 1.29 is 5.11 Å². The van der Waals surface area contributed by atoms with Crippen molar-refractivity contribution in [3.8, 4) is 5.75 Å². The van der Waals surface area contributed by atoms with Gasteiger partial charge in [-0.1, -0.05) is 0 Å². The summed E-state index contributed by atoms with van der Waals surface area (Å²) in [5.74, 6) is 0.215. The van der Waals surface area contributed by atoms with Crippen LogP contribution < -0.4 is 5.73 Å². The Morgan fingerprint density at radius 2 is 2.27 bits per heavy atom. The molecule has 1 aliphatic carbocycles. The van der Waals surface area contributed by atoms with Crippen molar-refractivity contribution in [1.82, 2.24) is 4.98 Å². The first-order valence-corrected chi connectivity index (χ1v) is 3.66. The average Bonchev–Trinajstić information content (AvgIpc) is 2.70. The number of hydrogen-bond donors (Lipinski definition) is 2. The summed E-state index contributed by atoms with van der Waals surface area (Å²) in [4.78, 5) is 4.04. The highest BCUT2D eigenvalue weighted by Crippen LogP contribution is 2.44. The maximum Gasteiger partial charge on any atom is 0.138 e. The summed E-state index contributed by atoms with van der Waals surface area (Å²) in [5, 5.41) is 9.34. The molecule has 0 amide bonds. The van der Waals surface area contributed by atoms with Crippen molar-refractivity contribution in [1.29, 1.82) is 0 Å². The number of pyridine rings is 1. The minimum Gasteiger partial charge on any atom is -0.506 e. The molecule has 0 unspecified atom stereocenters. The number of nitrogens with zero attached hydrogens (tertiary/aromatic N) is 1. The fraction of sp³-hybridized carbons (Fsp3) is 0.375. The first-order chi connectivity index (χ1) is 5.22. The summed E-state index contributed by atoms with van der Waals surface area (Å²) in [6.07, 6.45) is 3.51. The van der Waals surface area contributed by atoms with Gasteiger partial charge in [0.1, 0.15) is 11.4 Å². The van der Waals surface area contributed by atoms with Gasteiger partial charge in [0.05, 0.1) is 5.54 Å². The lowest BCUT2D eigenvalue weighted by Gasteiger charge is -2.08. The van der Waals surface area contributed by atoms with E-state index >= 15 is 0 Å². The van der Waals surface area contributed by atoms with E-state index in [0.29, 0.717) is 5.69 Å². The number of nitrogens with two attached hydrogens (primary N) is 1. The predicted octanol–water partition coefficient (Wildman–Crippen LogP) is 0.735. The second-order valence-corrected chi connectivity index (χ2v) is 3.03. The van der Waals surface area contributed by atoms with E-state index in [1.807, 2.05) is 0 Å². The molecule has 1 heterocycles. The van der Waals surface area contributed by atoms with E-state index in [1.165, 1.54) is 0 Å². The summed E-state index contributed by atoms with van der Waals surface area (Å²) in [5.41, 5.74) is 6.16. The zero-order valence-corrected chi connectivity index (χ0v) is 6.12.